The molecule has 0 bridgehead atoms. The van der Waals surface area contributed by atoms with Crippen molar-refractivity contribution < 1.29 is 0 Å². The smallest absolute Gasteiger partial charge is 0.166 e. The van der Waals surface area contributed by atoms with Crippen molar-refractivity contribution in [3.63, 3.8) is 0 Å². The number of halogens is 1. The molecule has 5 heteroatoms. The maximum Gasteiger partial charge on any atom is 0.166 e. The van der Waals surface area contributed by atoms with Gasteiger partial charge in [0.15, 0.2) is 5.11 Å². The van der Waals surface area contributed by atoms with Crippen LogP contribution in [0.1, 0.15) is 18.7 Å². The summed E-state index contributed by atoms with van der Waals surface area (Å²) in [5.74, 6) is 0.609. The van der Waals surface area contributed by atoms with E-state index in [4.69, 9.17) is 12.2 Å². The fourth-order valence-electron chi connectivity index (χ4n) is 0.971. The van der Waals surface area contributed by atoms with E-state index < -0.39 is 0 Å². The molecule has 0 aliphatic carbocycles. The number of hydrogen-bond donors (Lipinski definition) is 2. The summed E-state index contributed by atoms with van der Waals surface area (Å²) in [5, 5.41) is 9.14. The van der Waals surface area contributed by atoms with Gasteiger partial charge in [-0.05, 0) is 45.5 Å². The molecule has 0 unspecified atom stereocenters. The Kier molecular flexibility index (Phi) is 5.56. The minimum absolute atomic E-state index is 0.609. The molecule has 84 valence electrons. The molecule has 0 aromatic carbocycles. The molecule has 2 N–H and O–H groups in total. The van der Waals surface area contributed by atoms with Crippen LogP contribution in [-0.2, 0) is 6.54 Å². The Morgan fingerprint density at radius 1 is 1.53 bits per heavy atom. The first-order valence-corrected chi connectivity index (χ1v) is 6.91. The molecule has 0 aliphatic heterocycles. The Morgan fingerprint density at radius 2 is 2.27 bits per heavy atom. The lowest BCUT2D eigenvalue weighted by Gasteiger charge is -2.11. The first kappa shape index (κ1) is 12.9. The van der Waals surface area contributed by atoms with E-state index in [9.17, 15) is 0 Å². The Bertz CT molecular complexity index is 323. The van der Waals surface area contributed by atoms with E-state index in [-0.39, 0.29) is 0 Å². The van der Waals surface area contributed by atoms with Gasteiger partial charge in [0, 0.05) is 15.9 Å². The van der Waals surface area contributed by atoms with Crippen LogP contribution in [-0.4, -0.2) is 11.7 Å². The van der Waals surface area contributed by atoms with E-state index >= 15 is 0 Å². The normalized spacial score (nSPS) is 10.4. The highest BCUT2D eigenvalue weighted by Gasteiger charge is 2.02. The van der Waals surface area contributed by atoms with Gasteiger partial charge in [-0.1, -0.05) is 13.8 Å². The van der Waals surface area contributed by atoms with Gasteiger partial charge in [-0.3, -0.25) is 0 Å². The van der Waals surface area contributed by atoms with Crippen molar-refractivity contribution in [2.75, 3.05) is 6.54 Å². The molecule has 0 saturated carbocycles. The molecule has 0 saturated heterocycles. The van der Waals surface area contributed by atoms with Gasteiger partial charge < -0.3 is 10.6 Å². The monoisotopic (exact) mass is 306 g/mol. The van der Waals surface area contributed by atoms with Crippen molar-refractivity contribution in [1.82, 2.24) is 10.6 Å². The predicted molar refractivity (Wildman–Crippen MR) is 74.3 cm³/mol. The third kappa shape index (κ3) is 4.95. The summed E-state index contributed by atoms with van der Waals surface area (Å²) in [7, 11) is 0. The topological polar surface area (TPSA) is 24.1 Å². The molecule has 15 heavy (non-hydrogen) atoms. The summed E-state index contributed by atoms with van der Waals surface area (Å²) in [6, 6.07) is 2.05. The Balaban J connectivity index is 2.26. The van der Waals surface area contributed by atoms with Crippen LogP contribution in [0.4, 0.5) is 0 Å². The van der Waals surface area contributed by atoms with Gasteiger partial charge >= 0.3 is 0 Å². The second-order valence-corrected chi connectivity index (χ2v) is 5.91. The fourth-order valence-corrected chi connectivity index (χ4v) is 2.56. The van der Waals surface area contributed by atoms with Crippen LogP contribution in [0.15, 0.2) is 15.9 Å². The van der Waals surface area contributed by atoms with Crippen LogP contribution < -0.4 is 10.6 Å². The first-order chi connectivity index (χ1) is 7.09. The highest BCUT2D eigenvalue weighted by Crippen LogP contribution is 2.21. The average molecular weight is 307 g/mol. The molecule has 1 aromatic rings. The average Bonchev–Trinajstić information content (AvgIpc) is 2.58. The van der Waals surface area contributed by atoms with E-state index in [0.29, 0.717) is 5.92 Å². The minimum atomic E-state index is 0.609. The lowest BCUT2D eigenvalue weighted by molar-refractivity contribution is 0.619. The zero-order valence-corrected chi connectivity index (χ0v) is 12.1. The van der Waals surface area contributed by atoms with E-state index in [1.54, 1.807) is 11.3 Å². The van der Waals surface area contributed by atoms with E-state index in [2.05, 4.69) is 45.8 Å². The summed E-state index contributed by atoms with van der Waals surface area (Å²) in [4.78, 5) is 1.27. The maximum atomic E-state index is 5.16. The molecule has 0 aliphatic rings. The number of hydrogen-bond acceptors (Lipinski definition) is 2. The van der Waals surface area contributed by atoms with Crippen LogP contribution in [0.25, 0.3) is 0 Å². The Hall–Kier alpha value is -0.130. The van der Waals surface area contributed by atoms with Crippen LogP contribution in [0.5, 0.6) is 0 Å². The molecule has 1 aromatic heterocycles. The molecule has 1 rings (SSSR count). The number of rotatable bonds is 4. The number of thiocarbonyl (C=S) groups is 1. The zero-order valence-electron chi connectivity index (χ0n) is 8.84. The van der Waals surface area contributed by atoms with Gasteiger partial charge in [-0.25, -0.2) is 0 Å². The number of thiophene rings is 1. The third-order valence-corrected chi connectivity index (χ3v) is 3.99. The van der Waals surface area contributed by atoms with Crippen LogP contribution in [0.3, 0.4) is 0 Å². The van der Waals surface area contributed by atoms with Crippen LogP contribution >= 0.6 is 39.5 Å². The molecule has 1 heterocycles. The van der Waals surface area contributed by atoms with Gasteiger partial charge in [0.05, 0.1) is 6.54 Å². The Morgan fingerprint density at radius 3 is 2.80 bits per heavy atom. The van der Waals surface area contributed by atoms with Crippen molar-refractivity contribution in [1.29, 1.82) is 0 Å². The van der Waals surface area contributed by atoms with Gasteiger partial charge in [0.1, 0.15) is 0 Å². The summed E-state index contributed by atoms with van der Waals surface area (Å²) in [6.45, 7) is 6.01. The lowest BCUT2D eigenvalue weighted by Crippen LogP contribution is -2.36. The van der Waals surface area contributed by atoms with Gasteiger partial charge in [0.25, 0.3) is 0 Å². The summed E-state index contributed by atoms with van der Waals surface area (Å²) < 4.78 is 1.15. The predicted octanol–water partition coefficient (Wildman–Crippen LogP) is 3.13. The molecular formula is C10H15BrN2S2. The quantitative estimate of drug-likeness (QED) is 0.836. The van der Waals surface area contributed by atoms with Gasteiger partial charge in [-0.2, -0.15) is 0 Å². The van der Waals surface area contributed by atoms with Crippen LogP contribution in [0.2, 0.25) is 0 Å². The molecule has 0 spiro atoms. The van der Waals surface area contributed by atoms with Gasteiger partial charge in [0.2, 0.25) is 0 Å². The Labute approximate surface area is 109 Å². The van der Waals surface area contributed by atoms with Crippen molar-refractivity contribution in [2.45, 2.75) is 20.4 Å². The summed E-state index contributed by atoms with van der Waals surface area (Å²) in [5.41, 5.74) is 0. The summed E-state index contributed by atoms with van der Waals surface area (Å²) >= 11 is 10.4. The second-order valence-electron chi connectivity index (χ2n) is 3.65. The SMILES string of the molecule is CC(C)CNC(=S)NCc1sccc1Br. The largest absolute Gasteiger partial charge is 0.362 e. The molecule has 0 fully saturated rings. The zero-order chi connectivity index (χ0) is 11.3. The lowest BCUT2D eigenvalue weighted by atomic mass is 10.2. The number of nitrogens with one attached hydrogen (secondary N) is 2. The van der Waals surface area contributed by atoms with E-state index in [1.807, 2.05) is 6.07 Å². The highest BCUT2D eigenvalue weighted by molar-refractivity contribution is 9.10. The van der Waals surface area contributed by atoms with Crippen molar-refractivity contribution in [3.05, 3.63) is 20.8 Å². The minimum Gasteiger partial charge on any atom is -0.362 e. The molecule has 0 radical (unpaired) electrons. The van der Waals surface area contributed by atoms with E-state index in [1.165, 1.54) is 4.88 Å². The van der Waals surface area contributed by atoms with Crippen molar-refractivity contribution in [3.8, 4) is 0 Å². The van der Waals surface area contributed by atoms with Crippen LogP contribution in [0, 0.1) is 5.92 Å². The van der Waals surface area contributed by atoms with E-state index in [0.717, 1.165) is 22.7 Å². The van der Waals surface area contributed by atoms with Crippen molar-refractivity contribution >= 4 is 44.6 Å². The second kappa shape index (κ2) is 6.45. The molecular weight excluding hydrogens is 292 g/mol. The fraction of sp³-hybridized carbons (Fsp3) is 0.500. The molecule has 0 atom stereocenters. The summed E-state index contributed by atoms with van der Waals surface area (Å²) in [6.07, 6.45) is 0. The van der Waals surface area contributed by atoms with Gasteiger partial charge in [-0.15, -0.1) is 11.3 Å². The van der Waals surface area contributed by atoms with Crippen molar-refractivity contribution in [2.24, 2.45) is 5.92 Å². The standard InChI is InChI=1S/C10H15BrN2S2/c1-7(2)5-12-10(14)13-6-9-8(11)3-4-15-9/h3-4,7H,5-6H2,1-2H3,(H2,12,13,14). The highest BCUT2D eigenvalue weighted by atomic mass is 79.9. The maximum absolute atomic E-state index is 5.16. The third-order valence-electron chi connectivity index (χ3n) is 1.77. The molecule has 0 amide bonds. The molecule has 2 nitrogen and oxygen atoms in total. The first-order valence-electron chi connectivity index (χ1n) is 4.83.